The van der Waals surface area contributed by atoms with Crippen molar-refractivity contribution in [2.45, 2.75) is 13.2 Å². The molecule has 6 nitrogen and oxygen atoms in total. The Hall–Kier alpha value is -1.66. The Balaban J connectivity index is 2.11. The van der Waals surface area contributed by atoms with Gasteiger partial charge in [0.1, 0.15) is 5.75 Å². The summed E-state index contributed by atoms with van der Waals surface area (Å²) in [5.41, 5.74) is 6.39. The number of rotatable bonds is 4. The van der Waals surface area contributed by atoms with Gasteiger partial charge in [-0.15, -0.1) is 10.2 Å². The van der Waals surface area contributed by atoms with Gasteiger partial charge in [0.25, 0.3) is 0 Å². The van der Waals surface area contributed by atoms with E-state index >= 15 is 0 Å². The molecule has 7 heteroatoms. The molecule has 1 aromatic heterocycles. The molecule has 17 heavy (non-hydrogen) atoms. The third-order valence-corrected chi connectivity index (χ3v) is 2.54. The molecule has 0 aliphatic heterocycles. The molecule has 0 aliphatic rings. The van der Waals surface area contributed by atoms with E-state index in [2.05, 4.69) is 15.4 Å². The number of halogens is 1. The molecule has 0 fully saturated rings. The SMILES string of the molecule is Cn1nnc(COc2cccc(Cl)c2CN)n1. The van der Waals surface area contributed by atoms with Gasteiger partial charge in [-0.05, 0) is 17.3 Å². The summed E-state index contributed by atoms with van der Waals surface area (Å²) in [6.07, 6.45) is 0. The number of hydrogen-bond donors (Lipinski definition) is 1. The second kappa shape index (κ2) is 5.11. The predicted molar refractivity (Wildman–Crippen MR) is 62.5 cm³/mol. The van der Waals surface area contributed by atoms with Gasteiger partial charge in [0.2, 0.25) is 5.82 Å². The lowest BCUT2D eigenvalue weighted by Crippen LogP contribution is -2.04. The van der Waals surface area contributed by atoms with Crippen LogP contribution < -0.4 is 10.5 Å². The van der Waals surface area contributed by atoms with Crippen molar-refractivity contribution in [1.29, 1.82) is 0 Å². The quantitative estimate of drug-likeness (QED) is 0.876. The van der Waals surface area contributed by atoms with Crippen LogP contribution in [-0.4, -0.2) is 20.2 Å². The van der Waals surface area contributed by atoms with E-state index in [9.17, 15) is 0 Å². The van der Waals surface area contributed by atoms with Gasteiger partial charge in [0.15, 0.2) is 6.61 Å². The van der Waals surface area contributed by atoms with E-state index in [4.69, 9.17) is 22.1 Å². The van der Waals surface area contributed by atoms with Gasteiger partial charge in [0.05, 0.1) is 7.05 Å². The van der Waals surface area contributed by atoms with Crippen molar-refractivity contribution in [2.75, 3.05) is 0 Å². The summed E-state index contributed by atoms with van der Waals surface area (Å²) in [5, 5.41) is 12.1. The van der Waals surface area contributed by atoms with Gasteiger partial charge in [-0.1, -0.05) is 17.7 Å². The van der Waals surface area contributed by atoms with Crippen molar-refractivity contribution in [3.05, 3.63) is 34.6 Å². The molecule has 0 amide bonds. The van der Waals surface area contributed by atoms with E-state index < -0.39 is 0 Å². The number of nitrogens with two attached hydrogens (primary N) is 1. The van der Waals surface area contributed by atoms with Crippen LogP contribution in [0.15, 0.2) is 18.2 Å². The highest BCUT2D eigenvalue weighted by Gasteiger charge is 2.08. The van der Waals surface area contributed by atoms with Crippen LogP contribution in [-0.2, 0) is 20.2 Å². The molecule has 2 N–H and O–H groups in total. The Morgan fingerprint density at radius 2 is 2.29 bits per heavy atom. The molecule has 0 unspecified atom stereocenters. The molecule has 1 heterocycles. The van der Waals surface area contributed by atoms with Crippen molar-refractivity contribution in [2.24, 2.45) is 12.8 Å². The van der Waals surface area contributed by atoms with Gasteiger partial charge >= 0.3 is 0 Å². The second-order valence-corrected chi connectivity index (χ2v) is 3.81. The molecule has 0 spiro atoms. The smallest absolute Gasteiger partial charge is 0.212 e. The number of aromatic nitrogens is 4. The first-order chi connectivity index (χ1) is 8.20. The average Bonchev–Trinajstić information content (AvgIpc) is 2.72. The first-order valence-electron chi connectivity index (χ1n) is 5.04. The standard InChI is InChI=1S/C10H12ClN5O/c1-16-14-10(13-15-16)6-17-9-4-2-3-8(11)7(9)5-12/h2-4H,5-6,12H2,1H3. The molecule has 90 valence electrons. The third-order valence-electron chi connectivity index (χ3n) is 2.19. The lowest BCUT2D eigenvalue weighted by molar-refractivity contribution is 0.292. The molecule has 0 atom stereocenters. The fourth-order valence-electron chi connectivity index (χ4n) is 1.40. The van der Waals surface area contributed by atoms with Gasteiger partial charge in [-0.25, -0.2) is 0 Å². The van der Waals surface area contributed by atoms with Crippen LogP contribution in [0.4, 0.5) is 0 Å². The van der Waals surface area contributed by atoms with E-state index in [1.165, 1.54) is 4.80 Å². The predicted octanol–water partition coefficient (Wildman–Crippen LogP) is 0.901. The largest absolute Gasteiger partial charge is 0.485 e. The minimum Gasteiger partial charge on any atom is -0.485 e. The topological polar surface area (TPSA) is 78.8 Å². The summed E-state index contributed by atoms with van der Waals surface area (Å²) in [6.45, 7) is 0.560. The Kier molecular flexibility index (Phi) is 3.55. The maximum Gasteiger partial charge on any atom is 0.212 e. The summed E-state index contributed by atoms with van der Waals surface area (Å²) in [5.74, 6) is 1.16. The van der Waals surface area contributed by atoms with Crippen molar-refractivity contribution < 1.29 is 4.74 Å². The maximum atomic E-state index is 6.01. The minimum atomic E-state index is 0.237. The molecular formula is C10H12ClN5O. The van der Waals surface area contributed by atoms with E-state index in [-0.39, 0.29) is 6.61 Å². The second-order valence-electron chi connectivity index (χ2n) is 3.40. The molecule has 0 bridgehead atoms. The van der Waals surface area contributed by atoms with Crippen molar-refractivity contribution in [1.82, 2.24) is 20.2 Å². The summed E-state index contributed by atoms with van der Waals surface area (Å²) in [7, 11) is 1.70. The minimum absolute atomic E-state index is 0.237. The van der Waals surface area contributed by atoms with Crippen LogP contribution in [0, 0.1) is 0 Å². The van der Waals surface area contributed by atoms with Crippen LogP contribution in [0.5, 0.6) is 5.75 Å². The van der Waals surface area contributed by atoms with E-state index in [1.54, 1.807) is 19.2 Å². The zero-order valence-corrected chi connectivity index (χ0v) is 10.1. The van der Waals surface area contributed by atoms with Crippen LogP contribution in [0.2, 0.25) is 5.02 Å². The fraction of sp³-hybridized carbons (Fsp3) is 0.300. The lowest BCUT2D eigenvalue weighted by Gasteiger charge is -2.09. The van der Waals surface area contributed by atoms with Crippen LogP contribution >= 0.6 is 11.6 Å². The Bertz CT molecular complexity index is 513. The highest BCUT2D eigenvalue weighted by molar-refractivity contribution is 6.31. The molecular weight excluding hydrogens is 242 g/mol. The molecule has 0 radical (unpaired) electrons. The summed E-state index contributed by atoms with van der Waals surface area (Å²) in [6, 6.07) is 5.39. The Morgan fingerprint density at radius 3 is 2.94 bits per heavy atom. The highest BCUT2D eigenvalue weighted by atomic mass is 35.5. The zero-order valence-electron chi connectivity index (χ0n) is 9.30. The van der Waals surface area contributed by atoms with Gasteiger partial charge in [-0.2, -0.15) is 4.80 Å². The lowest BCUT2D eigenvalue weighted by atomic mass is 10.2. The van der Waals surface area contributed by atoms with Crippen LogP contribution in [0.1, 0.15) is 11.4 Å². The van der Waals surface area contributed by atoms with Gasteiger partial charge in [-0.3, -0.25) is 0 Å². The van der Waals surface area contributed by atoms with Crippen molar-refractivity contribution >= 4 is 11.6 Å². The van der Waals surface area contributed by atoms with Crippen LogP contribution in [0.25, 0.3) is 0 Å². The first kappa shape index (κ1) is 11.8. The molecule has 2 aromatic rings. The van der Waals surface area contributed by atoms with E-state index in [0.29, 0.717) is 23.1 Å². The number of benzene rings is 1. The van der Waals surface area contributed by atoms with Crippen LogP contribution in [0.3, 0.4) is 0 Å². The highest BCUT2D eigenvalue weighted by Crippen LogP contribution is 2.26. The molecule has 0 saturated carbocycles. The summed E-state index contributed by atoms with van der Waals surface area (Å²) < 4.78 is 5.57. The first-order valence-corrected chi connectivity index (χ1v) is 5.41. The third kappa shape index (κ3) is 2.72. The monoisotopic (exact) mass is 253 g/mol. The fourth-order valence-corrected chi connectivity index (χ4v) is 1.64. The normalized spacial score (nSPS) is 10.5. The number of hydrogen-bond acceptors (Lipinski definition) is 5. The maximum absolute atomic E-state index is 6.01. The van der Waals surface area contributed by atoms with E-state index in [0.717, 1.165) is 5.56 Å². The molecule has 2 rings (SSSR count). The van der Waals surface area contributed by atoms with Gasteiger partial charge in [0, 0.05) is 17.1 Å². The number of tetrazole rings is 1. The van der Waals surface area contributed by atoms with E-state index in [1.807, 2.05) is 6.07 Å². The zero-order chi connectivity index (χ0) is 12.3. The van der Waals surface area contributed by atoms with Crippen molar-refractivity contribution in [3.63, 3.8) is 0 Å². The molecule has 0 saturated heterocycles. The molecule has 0 aliphatic carbocycles. The van der Waals surface area contributed by atoms with Crippen molar-refractivity contribution in [3.8, 4) is 5.75 Å². The number of aryl methyl sites for hydroxylation is 1. The average molecular weight is 254 g/mol. The molecule has 1 aromatic carbocycles. The Labute approximate surface area is 103 Å². The number of ether oxygens (including phenoxy) is 1. The number of nitrogens with zero attached hydrogens (tertiary/aromatic N) is 4. The summed E-state index contributed by atoms with van der Waals surface area (Å²) >= 11 is 6.01. The van der Waals surface area contributed by atoms with Gasteiger partial charge < -0.3 is 10.5 Å². The Morgan fingerprint density at radius 1 is 1.47 bits per heavy atom. The summed E-state index contributed by atoms with van der Waals surface area (Å²) in [4.78, 5) is 1.38.